The minimum absolute atomic E-state index is 0.00997. The summed E-state index contributed by atoms with van der Waals surface area (Å²) in [6, 6.07) is 0. The van der Waals surface area contributed by atoms with Crippen LogP contribution in [0.15, 0.2) is 25.0 Å². The van der Waals surface area contributed by atoms with Gasteiger partial charge in [0, 0.05) is 31.4 Å². The number of nitrogens with two attached hydrogens (primary N) is 1. The number of aromatic nitrogens is 2. The number of hydrogen-bond donors (Lipinski definition) is 1. The molecule has 1 saturated heterocycles. The van der Waals surface area contributed by atoms with Gasteiger partial charge in [0.1, 0.15) is 0 Å². The van der Waals surface area contributed by atoms with Crippen LogP contribution in [0, 0.1) is 0 Å². The molecule has 1 unspecified atom stereocenters. The molecule has 2 heterocycles. The minimum Gasteiger partial charge on any atom is -0.363 e. The quantitative estimate of drug-likeness (QED) is 0.765. The first kappa shape index (κ1) is 12.2. The van der Waals surface area contributed by atoms with Gasteiger partial charge in [-0.25, -0.2) is 9.97 Å². The molecular formula is C12H14N4O2. The molecule has 94 valence electrons. The Morgan fingerprint density at radius 2 is 2.11 bits per heavy atom. The fourth-order valence-electron chi connectivity index (χ4n) is 2.04. The normalized spacial score (nSPS) is 18.7. The molecule has 0 radical (unpaired) electrons. The van der Waals surface area contributed by atoms with E-state index in [9.17, 15) is 9.59 Å². The lowest BCUT2D eigenvalue weighted by Crippen LogP contribution is -2.26. The lowest BCUT2D eigenvalue weighted by Gasteiger charge is -2.14. The van der Waals surface area contributed by atoms with Crippen LogP contribution in [0.4, 0.5) is 0 Å². The van der Waals surface area contributed by atoms with Gasteiger partial charge in [-0.2, -0.15) is 0 Å². The van der Waals surface area contributed by atoms with Gasteiger partial charge >= 0.3 is 0 Å². The molecular weight excluding hydrogens is 232 g/mol. The lowest BCUT2D eigenvalue weighted by molar-refractivity contribution is -0.125. The van der Waals surface area contributed by atoms with E-state index in [1.807, 2.05) is 0 Å². The second-order valence-electron chi connectivity index (χ2n) is 4.18. The molecule has 2 amide bonds. The second-order valence-corrected chi connectivity index (χ2v) is 4.18. The molecule has 1 aliphatic heterocycles. The van der Waals surface area contributed by atoms with E-state index in [0.717, 1.165) is 12.0 Å². The molecule has 0 aromatic carbocycles. The van der Waals surface area contributed by atoms with Crippen LogP contribution < -0.4 is 5.73 Å². The number of hydrogen-bond acceptors (Lipinski definition) is 4. The highest BCUT2D eigenvalue weighted by atomic mass is 16.2. The van der Waals surface area contributed by atoms with Crippen LogP contribution in [0.1, 0.15) is 28.5 Å². The van der Waals surface area contributed by atoms with Crippen molar-refractivity contribution < 1.29 is 9.59 Å². The largest absolute Gasteiger partial charge is 0.363 e. The highest BCUT2D eigenvalue weighted by molar-refractivity contribution is 5.88. The predicted molar refractivity (Wildman–Crippen MR) is 64.7 cm³/mol. The molecule has 1 fully saturated rings. The Kier molecular flexibility index (Phi) is 3.36. The maximum atomic E-state index is 11.4. The van der Waals surface area contributed by atoms with Crippen molar-refractivity contribution in [3.8, 4) is 0 Å². The third-order valence-corrected chi connectivity index (χ3v) is 3.04. The smallest absolute Gasteiger partial charge is 0.286 e. The number of rotatable bonds is 3. The van der Waals surface area contributed by atoms with Crippen LogP contribution >= 0.6 is 0 Å². The first-order valence-electron chi connectivity index (χ1n) is 5.65. The first-order chi connectivity index (χ1) is 8.61. The van der Waals surface area contributed by atoms with Crippen molar-refractivity contribution in [2.24, 2.45) is 5.73 Å². The third-order valence-electron chi connectivity index (χ3n) is 3.04. The number of amides is 2. The lowest BCUT2D eigenvalue weighted by atomic mass is 10.0. The van der Waals surface area contributed by atoms with Crippen molar-refractivity contribution >= 4 is 11.8 Å². The van der Waals surface area contributed by atoms with Crippen molar-refractivity contribution in [2.75, 3.05) is 13.1 Å². The summed E-state index contributed by atoms with van der Waals surface area (Å²) in [4.78, 5) is 31.8. The summed E-state index contributed by atoms with van der Waals surface area (Å²) in [5.41, 5.74) is 5.99. The first-order valence-corrected chi connectivity index (χ1v) is 5.65. The maximum Gasteiger partial charge on any atom is 0.286 e. The molecule has 2 rings (SSSR count). The Morgan fingerprint density at radius 3 is 2.67 bits per heavy atom. The van der Waals surface area contributed by atoms with Gasteiger partial charge in [-0.3, -0.25) is 9.59 Å². The van der Waals surface area contributed by atoms with Gasteiger partial charge in [0.15, 0.2) is 0 Å². The molecule has 0 bridgehead atoms. The molecule has 18 heavy (non-hydrogen) atoms. The summed E-state index contributed by atoms with van der Waals surface area (Å²) in [5, 5.41) is 0. The summed E-state index contributed by atoms with van der Waals surface area (Å²) < 4.78 is 0. The highest BCUT2D eigenvalue weighted by Crippen LogP contribution is 2.26. The molecule has 1 aromatic heterocycles. The Bertz CT molecular complexity index is 483. The van der Waals surface area contributed by atoms with Crippen LogP contribution in [-0.2, 0) is 4.79 Å². The van der Waals surface area contributed by atoms with Gasteiger partial charge in [0.05, 0.1) is 0 Å². The topological polar surface area (TPSA) is 89.2 Å². The van der Waals surface area contributed by atoms with Crippen molar-refractivity contribution in [3.63, 3.8) is 0 Å². The zero-order valence-corrected chi connectivity index (χ0v) is 9.87. The fourth-order valence-corrected chi connectivity index (χ4v) is 2.04. The fraction of sp³-hybridized carbons (Fsp3) is 0.333. The SMILES string of the molecule is C=CC(=O)N1CCC(c2cnc(C(N)=O)nc2)C1. The second kappa shape index (κ2) is 4.95. The van der Waals surface area contributed by atoms with Crippen LogP contribution in [-0.4, -0.2) is 39.8 Å². The van der Waals surface area contributed by atoms with E-state index in [-0.39, 0.29) is 17.6 Å². The average Bonchev–Trinajstić information content (AvgIpc) is 2.87. The van der Waals surface area contributed by atoms with Gasteiger partial charge in [0.2, 0.25) is 11.7 Å². The standard InChI is InChI=1S/C12H14N4O2/c1-2-10(17)16-4-3-8(7-16)9-5-14-12(11(13)18)15-6-9/h2,5-6,8H,1,3-4,7H2,(H2,13,18). The van der Waals surface area contributed by atoms with Gasteiger partial charge in [-0.1, -0.05) is 6.58 Å². The summed E-state index contributed by atoms with van der Waals surface area (Å²) in [7, 11) is 0. The number of primary amides is 1. The maximum absolute atomic E-state index is 11.4. The molecule has 6 nitrogen and oxygen atoms in total. The van der Waals surface area contributed by atoms with Crippen LogP contribution in [0.3, 0.4) is 0 Å². The van der Waals surface area contributed by atoms with E-state index >= 15 is 0 Å². The molecule has 0 aliphatic carbocycles. The van der Waals surface area contributed by atoms with E-state index in [4.69, 9.17) is 5.73 Å². The average molecular weight is 246 g/mol. The van der Waals surface area contributed by atoms with E-state index in [1.165, 1.54) is 6.08 Å². The monoisotopic (exact) mass is 246 g/mol. The van der Waals surface area contributed by atoms with Gasteiger partial charge in [-0.15, -0.1) is 0 Å². The van der Waals surface area contributed by atoms with Gasteiger partial charge in [0.25, 0.3) is 5.91 Å². The highest BCUT2D eigenvalue weighted by Gasteiger charge is 2.26. The van der Waals surface area contributed by atoms with E-state index in [1.54, 1.807) is 17.3 Å². The summed E-state index contributed by atoms with van der Waals surface area (Å²) in [6.07, 6.45) is 5.37. The minimum atomic E-state index is -0.642. The number of carbonyl (C=O) groups excluding carboxylic acids is 2. The van der Waals surface area contributed by atoms with Gasteiger partial charge in [-0.05, 0) is 18.1 Å². The molecule has 6 heteroatoms. The van der Waals surface area contributed by atoms with E-state index < -0.39 is 5.91 Å². The van der Waals surface area contributed by atoms with Crippen molar-refractivity contribution in [2.45, 2.75) is 12.3 Å². The molecule has 1 aliphatic rings. The molecule has 1 atom stereocenters. The summed E-state index contributed by atoms with van der Waals surface area (Å²) >= 11 is 0. The molecule has 0 saturated carbocycles. The van der Waals surface area contributed by atoms with Gasteiger partial charge < -0.3 is 10.6 Å². The Morgan fingerprint density at radius 1 is 1.44 bits per heavy atom. The Hall–Kier alpha value is -2.24. The van der Waals surface area contributed by atoms with E-state index in [2.05, 4.69) is 16.5 Å². The molecule has 2 N–H and O–H groups in total. The van der Waals surface area contributed by atoms with Crippen molar-refractivity contribution in [1.82, 2.24) is 14.9 Å². The van der Waals surface area contributed by atoms with Crippen LogP contribution in [0.25, 0.3) is 0 Å². The number of likely N-dealkylation sites (tertiary alicyclic amines) is 1. The van der Waals surface area contributed by atoms with Crippen LogP contribution in [0.5, 0.6) is 0 Å². The number of carbonyl (C=O) groups is 2. The number of nitrogens with zero attached hydrogens (tertiary/aromatic N) is 3. The Labute approximate surface area is 105 Å². The Balaban J connectivity index is 2.07. The molecule has 0 spiro atoms. The zero-order chi connectivity index (χ0) is 13.1. The van der Waals surface area contributed by atoms with E-state index in [0.29, 0.717) is 13.1 Å². The summed E-state index contributed by atoms with van der Waals surface area (Å²) in [6.45, 7) is 4.80. The predicted octanol–water partition coefficient (Wildman–Crippen LogP) is 0.0774. The van der Waals surface area contributed by atoms with Crippen molar-refractivity contribution in [3.05, 3.63) is 36.4 Å². The van der Waals surface area contributed by atoms with Crippen molar-refractivity contribution in [1.29, 1.82) is 0 Å². The third kappa shape index (κ3) is 2.37. The molecule has 1 aromatic rings. The summed E-state index contributed by atoms with van der Waals surface area (Å²) in [5.74, 6) is -0.491. The van der Waals surface area contributed by atoms with Crippen LogP contribution in [0.2, 0.25) is 0 Å². The zero-order valence-electron chi connectivity index (χ0n) is 9.87.